The lowest BCUT2D eigenvalue weighted by Gasteiger charge is -2.35. The fraction of sp³-hybridized carbons (Fsp3) is 0.542. The Hall–Kier alpha value is -2.67. The molecule has 1 aromatic carbocycles. The molecule has 168 valence electrons. The molecule has 1 aromatic rings. The predicted molar refractivity (Wildman–Crippen MR) is 117 cm³/mol. The summed E-state index contributed by atoms with van der Waals surface area (Å²) in [5.74, 6) is -0.385. The number of ether oxygens (including phenoxy) is 4. The SMILES string of the molecule is CCCOCCOC(=O)C1C(C)=NC2=C(C(=O)CCC2)[C@@H]1c1ccc(OC)cc1OC. The minimum atomic E-state index is -0.700. The molecular weight excluding hydrogens is 398 g/mol. The maximum absolute atomic E-state index is 13.2. The van der Waals surface area contributed by atoms with Crippen molar-refractivity contribution < 1.29 is 28.5 Å². The lowest BCUT2D eigenvalue weighted by Crippen LogP contribution is -2.37. The van der Waals surface area contributed by atoms with Crippen LogP contribution in [0.2, 0.25) is 0 Å². The van der Waals surface area contributed by atoms with Gasteiger partial charge >= 0.3 is 5.97 Å². The smallest absolute Gasteiger partial charge is 0.315 e. The minimum absolute atomic E-state index is 0.0319. The van der Waals surface area contributed by atoms with Gasteiger partial charge in [-0.3, -0.25) is 14.6 Å². The molecule has 31 heavy (non-hydrogen) atoms. The molecule has 0 amide bonds. The van der Waals surface area contributed by atoms with E-state index in [4.69, 9.17) is 18.9 Å². The van der Waals surface area contributed by atoms with Crippen LogP contribution in [-0.2, 0) is 19.1 Å². The summed E-state index contributed by atoms with van der Waals surface area (Å²) in [6.07, 6.45) is 2.85. The van der Waals surface area contributed by atoms with E-state index in [1.54, 1.807) is 20.3 Å². The third-order valence-electron chi connectivity index (χ3n) is 5.68. The minimum Gasteiger partial charge on any atom is -0.497 e. The van der Waals surface area contributed by atoms with Gasteiger partial charge in [-0.25, -0.2) is 0 Å². The molecule has 0 saturated carbocycles. The first-order chi connectivity index (χ1) is 15.0. The van der Waals surface area contributed by atoms with Gasteiger partial charge in [0.2, 0.25) is 0 Å². The van der Waals surface area contributed by atoms with Crippen LogP contribution in [0.25, 0.3) is 0 Å². The van der Waals surface area contributed by atoms with Crippen LogP contribution in [0.4, 0.5) is 0 Å². The summed E-state index contributed by atoms with van der Waals surface area (Å²) in [6.45, 7) is 4.97. The second kappa shape index (κ2) is 10.6. The molecule has 7 nitrogen and oxygen atoms in total. The molecule has 0 N–H and O–H groups in total. The highest BCUT2D eigenvalue weighted by molar-refractivity contribution is 6.09. The fourth-order valence-corrected chi connectivity index (χ4v) is 4.26. The van der Waals surface area contributed by atoms with Crippen molar-refractivity contribution in [3.63, 3.8) is 0 Å². The largest absolute Gasteiger partial charge is 0.497 e. The van der Waals surface area contributed by atoms with Crippen LogP contribution in [0.5, 0.6) is 11.5 Å². The molecule has 2 atom stereocenters. The zero-order valence-electron chi connectivity index (χ0n) is 18.7. The Kier molecular flexibility index (Phi) is 7.85. The highest BCUT2D eigenvalue weighted by atomic mass is 16.6. The molecule has 1 unspecified atom stereocenters. The number of hydrogen-bond donors (Lipinski definition) is 0. The van der Waals surface area contributed by atoms with Gasteiger partial charge in [-0.1, -0.05) is 13.0 Å². The van der Waals surface area contributed by atoms with Gasteiger partial charge in [0, 0.05) is 47.6 Å². The molecule has 0 saturated heterocycles. The molecule has 0 spiro atoms. The second-order valence-corrected chi connectivity index (χ2v) is 7.73. The van der Waals surface area contributed by atoms with Crippen molar-refractivity contribution in [2.75, 3.05) is 34.0 Å². The molecule has 0 fully saturated rings. The first-order valence-electron chi connectivity index (χ1n) is 10.8. The topological polar surface area (TPSA) is 83.4 Å². The average molecular weight is 430 g/mol. The molecule has 2 aliphatic rings. The van der Waals surface area contributed by atoms with E-state index in [1.165, 1.54) is 0 Å². The normalized spacial score (nSPS) is 20.8. The Balaban J connectivity index is 1.99. The summed E-state index contributed by atoms with van der Waals surface area (Å²) in [5.41, 5.74) is 2.77. The van der Waals surface area contributed by atoms with Crippen molar-refractivity contribution in [2.24, 2.45) is 10.9 Å². The van der Waals surface area contributed by atoms with Crippen LogP contribution in [-0.4, -0.2) is 51.5 Å². The van der Waals surface area contributed by atoms with E-state index in [0.717, 1.165) is 30.5 Å². The number of ketones is 1. The summed E-state index contributed by atoms with van der Waals surface area (Å²) in [4.78, 5) is 30.8. The van der Waals surface area contributed by atoms with E-state index in [-0.39, 0.29) is 12.4 Å². The van der Waals surface area contributed by atoms with Gasteiger partial charge in [-0.15, -0.1) is 0 Å². The van der Waals surface area contributed by atoms with Crippen LogP contribution >= 0.6 is 0 Å². The number of allylic oxidation sites excluding steroid dienone is 2. The molecule has 3 rings (SSSR count). The maximum atomic E-state index is 13.2. The third-order valence-corrected chi connectivity index (χ3v) is 5.68. The number of carbonyl (C=O) groups is 2. The van der Waals surface area contributed by atoms with Crippen LogP contribution in [0.3, 0.4) is 0 Å². The van der Waals surface area contributed by atoms with Crippen molar-refractivity contribution >= 4 is 17.5 Å². The highest BCUT2D eigenvalue weighted by Crippen LogP contribution is 2.46. The van der Waals surface area contributed by atoms with E-state index in [2.05, 4.69) is 4.99 Å². The van der Waals surface area contributed by atoms with Gasteiger partial charge in [-0.2, -0.15) is 0 Å². The van der Waals surface area contributed by atoms with Crippen LogP contribution < -0.4 is 9.47 Å². The highest BCUT2D eigenvalue weighted by Gasteiger charge is 2.44. The van der Waals surface area contributed by atoms with Gasteiger partial charge in [-0.05, 0) is 32.3 Å². The van der Waals surface area contributed by atoms with Gasteiger partial charge in [0.1, 0.15) is 24.0 Å². The summed E-state index contributed by atoms with van der Waals surface area (Å²) in [5, 5.41) is 0. The van der Waals surface area contributed by atoms with Crippen molar-refractivity contribution in [2.45, 2.75) is 45.4 Å². The third kappa shape index (κ3) is 4.98. The average Bonchev–Trinajstić information content (AvgIpc) is 2.77. The summed E-state index contributed by atoms with van der Waals surface area (Å²) in [6, 6.07) is 5.44. The quantitative estimate of drug-likeness (QED) is 0.438. The van der Waals surface area contributed by atoms with Crippen LogP contribution in [0.1, 0.15) is 51.0 Å². The number of nitrogens with zero attached hydrogens (tertiary/aromatic N) is 1. The van der Waals surface area contributed by atoms with Crippen molar-refractivity contribution in [1.29, 1.82) is 0 Å². The zero-order valence-corrected chi connectivity index (χ0v) is 18.7. The monoisotopic (exact) mass is 429 g/mol. The molecule has 1 heterocycles. The number of esters is 1. The van der Waals surface area contributed by atoms with Crippen molar-refractivity contribution in [1.82, 2.24) is 0 Å². The zero-order chi connectivity index (χ0) is 22.4. The van der Waals surface area contributed by atoms with E-state index in [9.17, 15) is 9.59 Å². The van der Waals surface area contributed by atoms with Gasteiger partial charge in [0.25, 0.3) is 0 Å². The Morgan fingerprint density at radius 1 is 1.13 bits per heavy atom. The maximum Gasteiger partial charge on any atom is 0.315 e. The summed E-state index contributed by atoms with van der Waals surface area (Å²) in [7, 11) is 3.15. The predicted octanol–water partition coefficient (Wildman–Crippen LogP) is 3.86. The summed E-state index contributed by atoms with van der Waals surface area (Å²) >= 11 is 0. The second-order valence-electron chi connectivity index (χ2n) is 7.73. The number of Topliss-reactive ketones (excluding diaryl/α,β-unsaturated/α-hetero) is 1. The molecule has 7 heteroatoms. The van der Waals surface area contributed by atoms with Crippen molar-refractivity contribution in [3.8, 4) is 11.5 Å². The van der Waals surface area contributed by atoms with Gasteiger partial charge in [0.05, 0.1) is 20.8 Å². The molecule has 0 bridgehead atoms. The van der Waals surface area contributed by atoms with E-state index in [0.29, 0.717) is 42.4 Å². The van der Waals surface area contributed by atoms with E-state index >= 15 is 0 Å². The number of methoxy groups -OCH3 is 2. The number of carbonyl (C=O) groups excluding carboxylic acids is 2. The van der Waals surface area contributed by atoms with Crippen molar-refractivity contribution in [3.05, 3.63) is 35.0 Å². The van der Waals surface area contributed by atoms with Gasteiger partial charge < -0.3 is 18.9 Å². The van der Waals surface area contributed by atoms with Crippen LogP contribution in [0.15, 0.2) is 34.5 Å². The Morgan fingerprint density at radius 3 is 2.65 bits per heavy atom. The van der Waals surface area contributed by atoms with E-state index in [1.807, 2.05) is 26.0 Å². The lowest BCUT2D eigenvalue weighted by atomic mass is 9.71. The Labute approximate surface area is 183 Å². The van der Waals surface area contributed by atoms with E-state index < -0.39 is 17.8 Å². The molecular formula is C24H31NO6. The molecule has 0 aromatic heterocycles. The molecule has 1 aliphatic heterocycles. The van der Waals surface area contributed by atoms with Crippen LogP contribution in [0, 0.1) is 5.92 Å². The summed E-state index contributed by atoms with van der Waals surface area (Å²) < 4.78 is 21.9. The number of aliphatic imine (C=N–C) groups is 1. The molecule has 1 aliphatic carbocycles. The number of rotatable bonds is 9. The number of hydrogen-bond acceptors (Lipinski definition) is 7. The Morgan fingerprint density at radius 2 is 1.94 bits per heavy atom. The lowest BCUT2D eigenvalue weighted by molar-refractivity contribution is -0.148. The fourth-order valence-electron chi connectivity index (χ4n) is 4.26. The molecule has 0 radical (unpaired) electrons. The first-order valence-corrected chi connectivity index (χ1v) is 10.8. The standard InChI is InChI=1S/C24H31NO6/c1-5-11-30-12-13-31-24(27)21-15(2)25-18-7-6-8-19(26)23(18)22(21)17-10-9-16(28-3)14-20(17)29-4/h9-10,14,21-22H,5-8,11-13H2,1-4H3/t21?,22-/m1/s1. The number of benzene rings is 1. The first kappa shape index (κ1) is 23.0. The van der Waals surface area contributed by atoms with Gasteiger partial charge in [0.15, 0.2) is 5.78 Å². The Bertz CT molecular complexity index is 888.